The number of nitrogens with zero attached hydrogens (tertiary/aromatic N) is 4. The molecule has 116 valence electrons. The minimum absolute atomic E-state index is 0.0845. The maximum atomic E-state index is 13.2. The van der Waals surface area contributed by atoms with Gasteiger partial charge in [0, 0.05) is 12.5 Å². The maximum Gasteiger partial charge on any atom is 0.242 e. The highest BCUT2D eigenvalue weighted by atomic mass is 19.1. The van der Waals surface area contributed by atoms with Gasteiger partial charge in [0.2, 0.25) is 11.9 Å². The van der Waals surface area contributed by atoms with E-state index in [-0.39, 0.29) is 23.5 Å². The quantitative estimate of drug-likeness (QED) is 0.818. The molecule has 0 radical (unpaired) electrons. The molecule has 8 heteroatoms. The second-order valence-electron chi connectivity index (χ2n) is 5.20. The van der Waals surface area contributed by atoms with Crippen molar-refractivity contribution in [3.63, 3.8) is 0 Å². The Kier molecular flexibility index (Phi) is 5.03. The molecule has 1 saturated heterocycles. The van der Waals surface area contributed by atoms with Crippen LogP contribution in [0.2, 0.25) is 0 Å². The topological polar surface area (TPSA) is 98.6 Å². The van der Waals surface area contributed by atoms with Gasteiger partial charge in [-0.2, -0.15) is 4.39 Å². The van der Waals surface area contributed by atoms with Crippen molar-refractivity contribution < 1.29 is 14.2 Å². The number of imidazole rings is 1. The molecule has 1 aliphatic rings. The molecule has 0 spiro atoms. The molecule has 0 saturated carbocycles. The summed E-state index contributed by atoms with van der Waals surface area (Å²) < 4.78 is 19.6. The first-order chi connectivity index (χ1) is 9.99. The van der Waals surface area contributed by atoms with Gasteiger partial charge in [0.05, 0.1) is 18.9 Å². The second-order valence-corrected chi connectivity index (χ2v) is 5.20. The van der Waals surface area contributed by atoms with E-state index in [0.717, 1.165) is 19.4 Å². The lowest BCUT2D eigenvalue weighted by Crippen LogP contribution is -2.21. The summed E-state index contributed by atoms with van der Waals surface area (Å²) in [7, 11) is 0. The SMILES string of the molecule is CC(C)c1nc(F)c2cnc(N)nn12.OC1CCCOC1. The molecule has 1 fully saturated rings. The standard InChI is InChI=1S/C8H10FN5.C5H10O2/c1-4(2)7-12-6(9)5-3-11-8(10)13-14(5)7;6-5-2-1-3-7-4-5/h3-4H,1-2H3,(H2,10,13);5-6H,1-4H2. The highest BCUT2D eigenvalue weighted by Gasteiger charge is 2.14. The van der Waals surface area contributed by atoms with E-state index in [4.69, 9.17) is 15.6 Å². The third-order valence-corrected chi connectivity index (χ3v) is 3.04. The molecule has 1 unspecified atom stereocenters. The van der Waals surface area contributed by atoms with Gasteiger partial charge in [0.1, 0.15) is 11.3 Å². The number of anilines is 1. The molecule has 3 N–H and O–H groups in total. The van der Waals surface area contributed by atoms with E-state index in [1.807, 2.05) is 13.8 Å². The normalized spacial score (nSPS) is 18.6. The first-order valence-electron chi connectivity index (χ1n) is 6.91. The van der Waals surface area contributed by atoms with Crippen LogP contribution in [0.5, 0.6) is 0 Å². The lowest BCUT2D eigenvalue weighted by Gasteiger charge is -2.15. The van der Waals surface area contributed by atoms with E-state index in [1.165, 1.54) is 10.7 Å². The molecule has 1 aliphatic heterocycles. The summed E-state index contributed by atoms with van der Waals surface area (Å²) in [6.45, 7) is 5.19. The van der Waals surface area contributed by atoms with E-state index in [0.29, 0.717) is 12.4 Å². The Hall–Kier alpha value is -1.80. The van der Waals surface area contributed by atoms with E-state index in [1.54, 1.807) is 0 Å². The van der Waals surface area contributed by atoms with Crippen LogP contribution < -0.4 is 5.73 Å². The fourth-order valence-corrected chi connectivity index (χ4v) is 1.98. The number of aliphatic hydroxyl groups excluding tert-OH is 1. The smallest absolute Gasteiger partial charge is 0.242 e. The maximum absolute atomic E-state index is 13.2. The average Bonchev–Trinajstić information content (AvgIpc) is 2.77. The Balaban J connectivity index is 0.000000194. The van der Waals surface area contributed by atoms with Crippen LogP contribution in [-0.2, 0) is 4.74 Å². The van der Waals surface area contributed by atoms with Crippen LogP contribution in [0.1, 0.15) is 38.4 Å². The molecule has 3 heterocycles. The number of halogens is 1. The predicted octanol–water partition coefficient (Wildman–Crippen LogP) is 1.13. The monoisotopic (exact) mass is 297 g/mol. The van der Waals surface area contributed by atoms with Crippen LogP contribution in [0.4, 0.5) is 10.3 Å². The summed E-state index contributed by atoms with van der Waals surface area (Å²) in [5, 5.41) is 12.7. The van der Waals surface area contributed by atoms with Crippen LogP contribution in [0, 0.1) is 5.95 Å². The fourth-order valence-electron chi connectivity index (χ4n) is 1.98. The first kappa shape index (κ1) is 15.6. The Morgan fingerprint density at radius 1 is 1.52 bits per heavy atom. The minimum Gasteiger partial charge on any atom is -0.391 e. The van der Waals surface area contributed by atoms with Gasteiger partial charge >= 0.3 is 0 Å². The number of hydrogen-bond donors (Lipinski definition) is 2. The summed E-state index contributed by atoms with van der Waals surface area (Å²) in [5.74, 6) is 0.179. The largest absolute Gasteiger partial charge is 0.391 e. The number of aromatic nitrogens is 4. The Morgan fingerprint density at radius 2 is 2.29 bits per heavy atom. The number of rotatable bonds is 1. The molecule has 2 aromatic heterocycles. The summed E-state index contributed by atoms with van der Waals surface area (Å²) in [5.41, 5.74) is 5.66. The summed E-state index contributed by atoms with van der Waals surface area (Å²) in [6.07, 6.45) is 3.08. The van der Waals surface area contributed by atoms with E-state index < -0.39 is 5.95 Å². The lowest BCUT2D eigenvalue weighted by molar-refractivity contribution is -0.00535. The van der Waals surface area contributed by atoms with Crippen LogP contribution >= 0.6 is 0 Å². The Bertz CT molecular complexity index is 596. The van der Waals surface area contributed by atoms with Crippen molar-refractivity contribution in [1.29, 1.82) is 0 Å². The van der Waals surface area contributed by atoms with Crippen molar-refractivity contribution >= 4 is 11.5 Å². The van der Waals surface area contributed by atoms with Crippen LogP contribution in [0.25, 0.3) is 5.52 Å². The van der Waals surface area contributed by atoms with E-state index in [2.05, 4.69) is 15.1 Å². The molecule has 2 aromatic rings. The van der Waals surface area contributed by atoms with Crippen molar-refractivity contribution in [3.8, 4) is 0 Å². The zero-order valence-corrected chi connectivity index (χ0v) is 12.2. The third-order valence-electron chi connectivity index (χ3n) is 3.04. The van der Waals surface area contributed by atoms with Gasteiger partial charge in [-0.1, -0.05) is 13.8 Å². The zero-order valence-electron chi connectivity index (χ0n) is 12.2. The predicted molar refractivity (Wildman–Crippen MR) is 75.3 cm³/mol. The number of nitrogen functional groups attached to an aromatic ring is 1. The molecular formula is C13H20FN5O2. The van der Waals surface area contributed by atoms with Crippen molar-refractivity contribution in [2.24, 2.45) is 0 Å². The second kappa shape index (κ2) is 6.77. The molecule has 21 heavy (non-hydrogen) atoms. The van der Waals surface area contributed by atoms with Crippen molar-refractivity contribution in [3.05, 3.63) is 18.0 Å². The Labute approximate surface area is 122 Å². The van der Waals surface area contributed by atoms with Gasteiger partial charge in [-0.15, -0.1) is 5.10 Å². The van der Waals surface area contributed by atoms with E-state index in [9.17, 15) is 4.39 Å². The van der Waals surface area contributed by atoms with E-state index >= 15 is 0 Å². The molecule has 0 aromatic carbocycles. The van der Waals surface area contributed by atoms with Gasteiger partial charge < -0.3 is 15.6 Å². The summed E-state index contributed by atoms with van der Waals surface area (Å²) in [4.78, 5) is 7.48. The van der Waals surface area contributed by atoms with Gasteiger partial charge in [-0.05, 0) is 12.8 Å². The number of fused-ring (bicyclic) bond motifs is 1. The summed E-state index contributed by atoms with van der Waals surface area (Å²) in [6, 6.07) is 0. The van der Waals surface area contributed by atoms with Crippen LogP contribution in [0.15, 0.2) is 6.20 Å². The van der Waals surface area contributed by atoms with Crippen molar-refractivity contribution in [2.45, 2.75) is 38.7 Å². The van der Waals surface area contributed by atoms with Crippen molar-refractivity contribution in [1.82, 2.24) is 19.6 Å². The van der Waals surface area contributed by atoms with Gasteiger partial charge in [0.15, 0.2) is 0 Å². The highest BCUT2D eigenvalue weighted by molar-refractivity contribution is 5.45. The molecular weight excluding hydrogens is 277 g/mol. The molecule has 3 rings (SSSR count). The summed E-state index contributed by atoms with van der Waals surface area (Å²) >= 11 is 0. The highest BCUT2D eigenvalue weighted by Crippen LogP contribution is 2.16. The molecule has 0 aliphatic carbocycles. The van der Waals surface area contributed by atoms with Gasteiger partial charge in [-0.3, -0.25) is 0 Å². The van der Waals surface area contributed by atoms with Gasteiger partial charge in [0.25, 0.3) is 0 Å². The molecule has 7 nitrogen and oxygen atoms in total. The fraction of sp³-hybridized carbons (Fsp3) is 0.615. The van der Waals surface area contributed by atoms with Crippen molar-refractivity contribution in [2.75, 3.05) is 18.9 Å². The lowest BCUT2D eigenvalue weighted by atomic mass is 10.2. The molecule has 1 atom stereocenters. The number of nitrogens with two attached hydrogens (primary N) is 1. The minimum atomic E-state index is -0.561. The van der Waals surface area contributed by atoms with Gasteiger partial charge in [-0.25, -0.2) is 14.5 Å². The number of ether oxygens (including phenoxy) is 1. The number of hydrogen-bond acceptors (Lipinski definition) is 6. The zero-order chi connectivity index (χ0) is 15.4. The average molecular weight is 297 g/mol. The number of aliphatic hydroxyl groups is 1. The first-order valence-corrected chi connectivity index (χ1v) is 6.91. The molecule has 0 amide bonds. The third kappa shape index (κ3) is 3.85. The van der Waals surface area contributed by atoms with Crippen LogP contribution in [0.3, 0.4) is 0 Å². The molecule has 0 bridgehead atoms. The van der Waals surface area contributed by atoms with Crippen LogP contribution in [-0.4, -0.2) is 44.0 Å². The Morgan fingerprint density at radius 3 is 2.81 bits per heavy atom.